The molecule has 0 radical (unpaired) electrons. The average molecular weight is 291 g/mol. The Balaban J connectivity index is 2.24. The highest BCUT2D eigenvalue weighted by Gasteiger charge is 2.14. The molecule has 0 bridgehead atoms. The molecule has 2 aromatic rings. The molecular weight excluding hydrogens is 277 g/mol. The molecular formula is C14H14FN3O3. The van der Waals surface area contributed by atoms with Crippen molar-refractivity contribution in [1.82, 2.24) is 9.97 Å². The van der Waals surface area contributed by atoms with Gasteiger partial charge in [-0.05, 0) is 26.0 Å². The van der Waals surface area contributed by atoms with Gasteiger partial charge in [-0.15, -0.1) is 0 Å². The normalized spacial score (nSPS) is 10.2. The van der Waals surface area contributed by atoms with Crippen LogP contribution in [-0.4, -0.2) is 22.5 Å². The SMILES string of the molecule is CCOC(=O)c1cnc(Oc2cc(F)ccc2N)nc1C. The van der Waals surface area contributed by atoms with E-state index < -0.39 is 11.8 Å². The maximum atomic E-state index is 13.1. The van der Waals surface area contributed by atoms with E-state index in [1.807, 2.05) is 0 Å². The molecule has 1 aromatic carbocycles. The molecule has 2 rings (SSSR count). The molecule has 0 aliphatic rings. The largest absolute Gasteiger partial charge is 0.462 e. The van der Waals surface area contributed by atoms with E-state index in [0.717, 1.165) is 6.07 Å². The molecule has 6 nitrogen and oxygen atoms in total. The zero-order valence-electron chi connectivity index (χ0n) is 11.6. The third-order valence-corrected chi connectivity index (χ3v) is 2.63. The number of anilines is 1. The third-order valence-electron chi connectivity index (χ3n) is 2.63. The molecule has 7 heteroatoms. The molecule has 0 amide bonds. The number of nitrogens with zero attached hydrogens (tertiary/aromatic N) is 2. The molecule has 0 saturated heterocycles. The lowest BCUT2D eigenvalue weighted by molar-refractivity contribution is 0.0524. The van der Waals surface area contributed by atoms with Gasteiger partial charge in [-0.1, -0.05) is 0 Å². The van der Waals surface area contributed by atoms with Crippen molar-refractivity contribution in [2.75, 3.05) is 12.3 Å². The highest BCUT2D eigenvalue weighted by atomic mass is 19.1. The number of nitrogen functional groups attached to an aromatic ring is 1. The topological polar surface area (TPSA) is 87.3 Å². The summed E-state index contributed by atoms with van der Waals surface area (Å²) in [5.41, 5.74) is 6.57. The number of carbonyl (C=O) groups is 1. The average Bonchev–Trinajstić information content (AvgIpc) is 2.43. The van der Waals surface area contributed by atoms with Crippen molar-refractivity contribution in [3.63, 3.8) is 0 Å². The number of aryl methyl sites for hydroxylation is 1. The van der Waals surface area contributed by atoms with Crippen LogP contribution < -0.4 is 10.5 Å². The Morgan fingerprint density at radius 2 is 2.19 bits per heavy atom. The lowest BCUT2D eigenvalue weighted by Crippen LogP contribution is -2.09. The highest BCUT2D eigenvalue weighted by Crippen LogP contribution is 2.26. The molecule has 0 spiro atoms. The summed E-state index contributed by atoms with van der Waals surface area (Å²) in [6.07, 6.45) is 1.30. The predicted molar refractivity (Wildman–Crippen MR) is 73.6 cm³/mol. The molecule has 0 atom stereocenters. The molecule has 110 valence electrons. The fraction of sp³-hybridized carbons (Fsp3) is 0.214. The van der Waals surface area contributed by atoms with Crippen LogP contribution >= 0.6 is 0 Å². The van der Waals surface area contributed by atoms with Crippen molar-refractivity contribution in [1.29, 1.82) is 0 Å². The number of hydrogen-bond donors (Lipinski definition) is 1. The van der Waals surface area contributed by atoms with Gasteiger partial charge in [-0.3, -0.25) is 0 Å². The van der Waals surface area contributed by atoms with E-state index in [0.29, 0.717) is 5.69 Å². The summed E-state index contributed by atoms with van der Waals surface area (Å²) in [6, 6.07) is 3.70. The van der Waals surface area contributed by atoms with Gasteiger partial charge < -0.3 is 15.2 Å². The zero-order chi connectivity index (χ0) is 15.4. The number of nitrogens with two attached hydrogens (primary N) is 1. The Morgan fingerprint density at radius 3 is 2.86 bits per heavy atom. The van der Waals surface area contributed by atoms with Crippen molar-refractivity contribution in [2.45, 2.75) is 13.8 Å². The number of rotatable bonds is 4. The smallest absolute Gasteiger partial charge is 0.341 e. The minimum atomic E-state index is -0.508. The minimum Gasteiger partial charge on any atom is -0.462 e. The fourth-order valence-corrected chi connectivity index (χ4v) is 1.60. The van der Waals surface area contributed by atoms with Crippen LogP contribution in [0.2, 0.25) is 0 Å². The first-order valence-corrected chi connectivity index (χ1v) is 6.25. The summed E-state index contributed by atoms with van der Waals surface area (Å²) in [5, 5.41) is 0. The Labute approximate surface area is 120 Å². The maximum absolute atomic E-state index is 13.1. The molecule has 0 fully saturated rings. The summed E-state index contributed by atoms with van der Waals surface area (Å²) >= 11 is 0. The Hall–Kier alpha value is -2.70. The predicted octanol–water partition coefficient (Wildman–Crippen LogP) is 2.48. The van der Waals surface area contributed by atoms with Crippen LogP contribution in [0.15, 0.2) is 24.4 Å². The quantitative estimate of drug-likeness (QED) is 0.687. The van der Waals surface area contributed by atoms with Crippen molar-refractivity contribution in [3.8, 4) is 11.8 Å². The monoisotopic (exact) mass is 291 g/mol. The molecule has 0 aliphatic heterocycles. The second kappa shape index (κ2) is 6.17. The lowest BCUT2D eigenvalue weighted by Gasteiger charge is -2.09. The number of halogens is 1. The van der Waals surface area contributed by atoms with Crippen LogP contribution in [0.3, 0.4) is 0 Å². The van der Waals surface area contributed by atoms with Gasteiger partial charge in [0.2, 0.25) is 0 Å². The standard InChI is InChI=1S/C14H14FN3O3/c1-3-20-13(19)10-7-17-14(18-8(10)2)21-12-6-9(15)4-5-11(12)16/h4-7H,3,16H2,1-2H3. The molecule has 0 unspecified atom stereocenters. The second-order valence-corrected chi connectivity index (χ2v) is 4.16. The van der Waals surface area contributed by atoms with E-state index in [4.69, 9.17) is 15.2 Å². The first kappa shape index (κ1) is 14.7. The maximum Gasteiger partial charge on any atom is 0.341 e. The highest BCUT2D eigenvalue weighted by molar-refractivity contribution is 5.90. The van der Waals surface area contributed by atoms with Gasteiger partial charge in [-0.25, -0.2) is 14.2 Å². The molecule has 0 aliphatic carbocycles. The number of aromatic nitrogens is 2. The molecule has 2 N–H and O–H groups in total. The number of carbonyl (C=O) groups excluding carboxylic acids is 1. The van der Waals surface area contributed by atoms with E-state index in [9.17, 15) is 9.18 Å². The summed E-state index contributed by atoms with van der Waals surface area (Å²) in [4.78, 5) is 19.5. The Kier molecular flexibility index (Phi) is 4.32. The van der Waals surface area contributed by atoms with Crippen molar-refractivity contribution >= 4 is 11.7 Å². The van der Waals surface area contributed by atoms with Gasteiger partial charge in [0.15, 0.2) is 5.75 Å². The first-order valence-electron chi connectivity index (χ1n) is 6.25. The third kappa shape index (κ3) is 3.44. The molecule has 1 aromatic heterocycles. The van der Waals surface area contributed by atoms with Gasteiger partial charge in [0.25, 0.3) is 0 Å². The Bertz CT molecular complexity index is 677. The van der Waals surface area contributed by atoms with E-state index in [-0.39, 0.29) is 29.6 Å². The van der Waals surface area contributed by atoms with E-state index in [1.54, 1.807) is 13.8 Å². The molecule has 1 heterocycles. The minimum absolute atomic E-state index is 0.0298. The fourth-order valence-electron chi connectivity index (χ4n) is 1.60. The first-order chi connectivity index (χ1) is 10.0. The molecule has 21 heavy (non-hydrogen) atoms. The van der Waals surface area contributed by atoms with E-state index in [2.05, 4.69) is 9.97 Å². The second-order valence-electron chi connectivity index (χ2n) is 4.16. The number of esters is 1. The van der Waals surface area contributed by atoms with Gasteiger partial charge in [0.05, 0.1) is 23.6 Å². The summed E-state index contributed by atoms with van der Waals surface area (Å²) in [7, 11) is 0. The summed E-state index contributed by atoms with van der Waals surface area (Å²) in [6.45, 7) is 3.59. The van der Waals surface area contributed by atoms with Crippen molar-refractivity contribution < 1.29 is 18.7 Å². The number of benzene rings is 1. The van der Waals surface area contributed by atoms with Crippen LogP contribution in [0.5, 0.6) is 11.8 Å². The van der Waals surface area contributed by atoms with E-state index >= 15 is 0 Å². The van der Waals surface area contributed by atoms with Gasteiger partial charge >= 0.3 is 12.0 Å². The van der Waals surface area contributed by atoms with Crippen molar-refractivity contribution in [3.05, 3.63) is 41.5 Å². The summed E-state index contributed by atoms with van der Waals surface area (Å²) < 4.78 is 23.3. The Morgan fingerprint density at radius 1 is 1.43 bits per heavy atom. The van der Waals surface area contributed by atoms with Gasteiger partial charge in [-0.2, -0.15) is 4.98 Å². The number of hydrogen-bond acceptors (Lipinski definition) is 6. The van der Waals surface area contributed by atoms with Crippen LogP contribution in [0, 0.1) is 12.7 Å². The van der Waals surface area contributed by atoms with Crippen LogP contribution in [-0.2, 0) is 4.74 Å². The lowest BCUT2D eigenvalue weighted by atomic mass is 10.2. The van der Waals surface area contributed by atoms with Gasteiger partial charge in [0, 0.05) is 12.3 Å². The summed E-state index contributed by atoms with van der Waals surface area (Å²) in [5.74, 6) is -0.885. The number of ether oxygens (including phenoxy) is 2. The van der Waals surface area contributed by atoms with Gasteiger partial charge in [0.1, 0.15) is 5.82 Å². The van der Waals surface area contributed by atoms with Crippen molar-refractivity contribution in [2.24, 2.45) is 0 Å². The zero-order valence-corrected chi connectivity index (χ0v) is 11.6. The molecule has 0 saturated carbocycles. The van der Waals surface area contributed by atoms with Crippen LogP contribution in [0.1, 0.15) is 23.0 Å². The van der Waals surface area contributed by atoms with E-state index in [1.165, 1.54) is 18.3 Å². The van der Waals surface area contributed by atoms with Crippen LogP contribution in [0.4, 0.5) is 10.1 Å². The van der Waals surface area contributed by atoms with Crippen LogP contribution in [0.25, 0.3) is 0 Å².